The van der Waals surface area contributed by atoms with Gasteiger partial charge in [-0.3, -0.25) is 0 Å². The van der Waals surface area contributed by atoms with Crippen LogP contribution in [0.4, 0.5) is 10.8 Å². The van der Waals surface area contributed by atoms with Gasteiger partial charge in [-0.25, -0.2) is 0 Å². The van der Waals surface area contributed by atoms with Gasteiger partial charge in [0.2, 0.25) is 0 Å². The number of methoxy groups -OCH3 is 1. The van der Waals surface area contributed by atoms with Crippen molar-refractivity contribution in [3.8, 4) is 5.75 Å². The summed E-state index contributed by atoms with van der Waals surface area (Å²) >= 11 is 1.36. The lowest BCUT2D eigenvalue weighted by atomic mass is 10.0. The van der Waals surface area contributed by atoms with Crippen molar-refractivity contribution in [2.45, 2.75) is 33.7 Å². The first kappa shape index (κ1) is 11.5. The normalized spacial score (nSPS) is 21.8. The molecule has 90 valence electrons. The van der Waals surface area contributed by atoms with E-state index in [1.807, 2.05) is 0 Å². The Balaban J connectivity index is 2.18. The van der Waals surface area contributed by atoms with Crippen molar-refractivity contribution < 1.29 is 4.74 Å². The molecule has 1 aliphatic rings. The molecular weight excluding hydrogens is 222 g/mol. The van der Waals surface area contributed by atoms with E-state index in [9.17, 15) is 0 Å². The zero-order valence-electron chi connectivity index (χ0n) is 10.4. The second-order valence-electron chi connectivity index (χ2n) is 5.45. The molecule has 0 bridgehead atoms. The van der Waals surface area contributed by atoms with Crippen molar-refractivity contribution in [1.82, 2.24) is 4.37 Å². The highest BCUT2D eigenvalue weighted by Crippen LogP contribution is 2.64. The topological polar surface area (TPSA) is 60.2 Å². The molecular formula is C11H19N3OS. The molecule has 1 aliphatic carbocycles. The lowest BCUT2D eigenvalue weighted by molar-refractivity contribution is 0.419. The van der Waals surface area contributed by atoms with Crippen LogP contribution < -0.4 is 15.8 Å². The lowest BCUT2D eigenvalue weighted by Crippen LogP contribution is -2.09. The fourth-order valence-electron chi connectivity index (χ4n) is 2.27. The second-order valence-corrected chi connectivity index (χ2v) is 6.22. The number of nitrogens with two attached hydrogens (primary N) is 1. The van der Waals surface area contributed by atoms with Crippen LogP contribution in [0.2, 0.25) is 0 Å². The Morgan fingerprint density at radius 1 is 1.31 bits per heavy atom. The first-order valence-electron chi connectivity index (χ1n) is 5.38. The third-order valence-corrected chi connectivity index (χ3v) is 4.95. The third kappa shape index (κ3) is 1.38. The minimum atomic E-state index is 0.288. The molecule has 4 nitrogen and oxygen atoms in total. The van der Waals surface area contributed by atoms with Crippen molar-refractivity contribution in [3.63, 3.8) is 0 Å². The van der Waals surface area contributed by atoms with Crippen molar-refractivity contribution in [3.05, 3.63) is 0 Å². The molecule has 1 aromatic heterocycles. The molecule has 0 saturated heterocycles. The zero-order valence-corrected chi connectivity index (χ0v) is 11.2. The van der Waals surface area contributed by atoms with Gasteiger partial charge in [0.05, 0.1) is 7.11 Å². The molecule has 1 aromatic rings. The van der Waals surface area contributed by atoms with E-state index in [1.54, 1.807) is 7.11 Å². The first-order chi connectivity index (χ1) is 7.32. The summed E-state index contributed by atoms with van der Waals surface area (Å²) in [5, 5.41) is 4.42. The van der Waals surface area contributed by atoms with Crippen LogP contribution in [0.1, 0.15) is 27.7 Å². The SMILES string of the molecule is COc1c(N)nsc1NC1C(C)(C)C1(C)C. The van der Waals surface area contributed by atoms with E-state index in [-0.39, 0.29) is 10.8 Å². The Kier molecular flexibility index (Phi) is 2.35. The van der Waals surface area contributed by atoms with E-state index >= 15 is 0 Å². The summed E-state index contributed by atoms with van der Waals surface area (Å²) in [6.45, 7) is 9.06. The molecule has 0 radical (unpaired) electrons. The van der Waals surface area contributed by atoms with Crippen LogP contribution in [0.15, 0.2) is 0 Å². The second kappa shape index (κ2) is 3.26. The predicted octanol–water partition coefficient (Wildman–Crippen LogP) is 2.58. The molecule has 2 rings (SSSR count). The van der Waals surface area contributed by atoms with Crippen LogP contribution in [0.25, 0.3) is 0 Å². The highest BCUT2D eigenvalue weighted by molar-refractivity contribution is 7.11. The highest BCUT2D eigenvalue weighted by Gasteiger charge is 2.65. The van der Waals surface area contributed by atoms with Crippen LogP contribution in [0.3, 0.4) is 0 Å². The quantitative estimate of drug-likeness (QED) is 0.854. The van der Waals surface area contributed by atoms with Gasteiger partial charge in [0.25, 0.3) is 0 Å². The van der Waals surface area contributed by atoms with Crippen LogP contribution in [0.5, 0.6) is 5.75 Å². The minimum absolute atomic E-state index is 0.288. The van der Waals surface area contributed by atoms with E-state index < -0.39 is 0 Å². The van der Waals surface area contributed by atoms with Crippen LogP contribution >= 0.6 is 11.5 Å². The van der Waals surface area contributed by atoms with Gasteiger partial charge < -0.3 is 15.8 Å². The first-order valence-corrected chi connectivity index (χ1v) is 6.15. The van der Waals surface area contributed by atoms with E-state index in [0.717, 1.165) is 5.00 Å². The summed E-state index contributed by atoms with van der Waals surface area (Å²) < 4.78 is 9.34. The molecule has 0 unspecified atom stereocenters. The van der Waals surface area contributed by atoms with Gasteiger partial charge in [0.15, 0.2) is 16.6 Å². The number of ether oxygens (including phenoxy) is 1. The van der Waals surface area contributed by atoms with E-state index in [4.69, 9.17) is 10.5 Å². The zero-order chi connectivity index (χ0) is 12.1. The van der Waals surface area contributed by atoms with Crippen LogP contribution in [0, 0.1) is 10.8 Å². The van der Waals surface area contributed by atoms with Gasteiger partial charge in [0.1, 0.15) is 0 Å². The summed E-state index contributed by atoms with van der Waals surface area (Å²) in [5.41, 5.74) is 6.29. The van der Waals surface area contributed by atoms with E-state index in [1.165, 1.54) is 11.5 Å². The minimum Gasteiger partial charge on any atom is -0.490 e. The Labute approximate surface area is 100 Å². The lowest BCUT2D eigenvalue weighted by Gasteiger charge is -2.07. The number of aromatic nitrogens is 1. The van der Waals surface area contributed by atoms with Gasteiger partial charge in [-0.05, 0) is 22.4 Å². The van der Waals surface area contributed by atoms with Gasteiger partial charge in [-0.1, -0.05) is 27.7 Å². The fourth-order valence-corrected chi connectivity index (χ4v) is 2.99. The van der Waals surface area contributed by atoms with Crippen molar-refractivity contribution >= 4 is 22.4 Å². The molecule has 0 amide bonds. The van der Waals surface area contributed by atoms with E-state index in [2.05, 4.69) is 37.4 Å². The van der Waals surface area contributed by atoms with Gasteiger partial charge >= 0.3 is 0 Å². The molecule has 0 aliphatic heterocycles. The number of nitrogens with zero attached hydrogens (tertiary/aromatic N) is 1. The summed E-state index contributed by atoms with van der Waals surface area (Å²) in [4.78, 5) is 0. The maximum Gasteiger partial charge on any atom is 0.197 e. The summed E-state index contributed by atoms with van der Waals surface area (Å²) in [5.74, 6) is 1.13. The molecule has 0 aromatic carbocycles. The maximum absolute atomic E-state index is 5.72. The number of nitrogens with one attached hydrogen (secondary N) is 1. The number of hydrogen-bond donors (Lipinski definition) is 2. The van der Waals surface area contributed by atoms with Gasteiger partial charge in [-0.15, -0.1) is 0 Å². The number of hydrogen-bond acceptors (Lipinski definition) is 5. The molecule has 1 fully saturated rings. The fraction of sp³-hybridized carbons (Fsp3) is 0.727. The average molecular weight is 241 g/mol. The van der Waals surface area contributed by atoms with Crippen molar-refractivity contribution in [2.24, 2.45) is 10.8 Å². The van der Waals surface area contributed by atoms with E-state index in [0.29, 0.717) is 17.6 Å². The molecule has 3 N–H and O–H groups in total. The Morgan fingerprint density at radius 3 is 2.31 bits per heavy atom. The summed E-state index contributed by atoms with van der Waals surface area (Å²) in [6.07, 6.45) is 0. The maximum atomic E-state index is 5.72. The van der Waals surface area contributed by atoms with Crippen LogP contribution in [-0.2, 0) is 0 Å². The number of rotatable bonds is 3. The highest BCUT2D eigenvalue weighted by atomic mass is 32.1. The molecule has 16 heavy (non-hydrogen) atoms. The molecule has 5 heteroatoms. The van der Waals surface area contributed by atoms with Crippen molar-refractivity contribution in [2.75, 3.05) is 18.2 Å². The average Bonchev–Trinajstić information content (AvgIpc) is 2.48. The van der Waals surface area contributed by atoms with Crippen LogP contribution in [-0.4, -0.2) is 17.5 Å². The standard InChI is InChI=1S/C11H19N3OS/c1-10(2)9(11(10,3)4)13-8-6(15-5)7(12)14-16-8/h9,13H,1-5H3,(H2,12,14). The molecule has 0 spiro atoms. The predicted molar refractivity (Wildman–Crippen MR) is 68.1 cm³/mol. The van der Waals surface area contributed by atoms with Crippen molar-refractivity contribution in [1.29, 1.82) is 0 Å². The monoisotopic (exact) mass is 241 g/mol. The van der Waals surface area contributed by atoms with Gasteiger partial charge in [-0.2, -0.15) is 4.37 Å². The molecule has 1 saturated carbocycles. The third-order valence-electron chi connectivity index (χ3n) is 4.17. The largest absolute Gasteiger partial charge is 0.490 e. The molecule has 0 atom stereocenters. The molecule has 1 heterocycles. The summed E-state index contributed by atoms with van der Waals surface area (Å²) in [7, 11) is 1.62. The Bertz CT molecular complexity index is 397. The van der Waals surface area contributed by atoms with Gasteiger partial charge in [0, 0.05) is 6.04 Å². The number of nitrogen functional groups attached to an aromatic ring is 1. The Hall–Kier alpha value is -0.970. The Morgan fingerprint density at radius 2 is 1.88 bits per heavy atom. The smallest absolute Gasteiger partial charge is 0.197 e. The number of anilines is 2. The summed E-state index contributed by atoms with van der Waals surface area (Å²) in [6, 6.07) is 0.439.